The number of hydrogen-bond donors (Lipinski definition) is 2. The smallest absolute Gasteiger partial charge is 0.822 e. The predicted molar refractivity (Wildman–Crippen MR) is 36.1 cm³/mol. The second-order valence-electron chi connectivity index (χ2n) is 2.20. The van der Waals surface area contributed by atoms with Gasteiger partial charge in [0.1, 0.15) is 0 Å². The summed E-state index contributed by atoms with van der Waals surface area (Å²) in [4.78, 5) is 37.6. The van der Waals surface area contributed by atoms with Gasteiger partial charge >= 0.3 is 88.7 Å². The summed E-state index contributed by atoms with van der Waals surface area (Å²) in [6.07, 6.45) is 0. The Bertz CT molecular complexity index is 263. The van der Waals surface area contributed by atoms with E-state index in [1.165, 1.54) is 0 Å². The second-order valence-corrected chi connectivity index (χ2v) is 3.09. The molecule has 12 heteroatoms. The molecule has 0 aromatic rings. The molecule has 0 spiro atoms. The first-order chi connectivity index (χ1) is 5.70. The first-order valence-corrected chi connectivity index (χ1v) is 4.49. The minimum absolute atomic E-state index is 0. The monoisotopic (exact) mass is 277 g/mol. The molecule has 0 bridgehead atoms. The number of rotatable bonds is 0. The van der Waals surface area contributed by atoms with Crippen LogP contribution < -0.4 is 109 Å². The Morgan fingerprint density at radius 3 is 1.69 bits per heavy atom. The van der Waals surface area contributed by atoms with Gasteiger partial charge in [-0.2, -0.15) is 7.82 Å². The summed E-state index contributed by atoms with van der Waals surface area (Å²) in [5, 5.41) is 9.32. The first kappa shape index (κ1) is 26.6. The number of guanidine groups is 1. The maximum absolute atomic E-state index is 10.4. The third-order valence-electron chi connectivity index (χ3n) is 1.02. The fourth-order valence-corrected chi connectivity index (χ4v) is 0.561. The van der Waals surface area contributed by atoms with Crippen molar-refractivity contribution in [2.24, 2.45) is 0 Å². The van der Waals surface area contributed by atoms with E-state index in [1.54, 1.807) is 11.9 Å². The van der Waals surface area contributed by atoms with E-state index in [0.29, 0.717) is 6.54 Å². The standard InChI is InChI=1S/C4H7N3O.3Na.H3O4P/c1-7-2-3(8)6-4(7)5;;;;1-5(2,3)4/h2H2,1H3,(H2,5,6,8);;;;(H3,1,2,3,4)/q;3*+1;/p-3. The summed E-state index contributed by atoms with van der Waals surface area (Å²) in [7, 11) is -3.69. The Morgan fingerprint density at radius 1 is 1.31 bits per heavy atom. The molecule has 1 fully saturated rings. The molecule has 0 atom stereocenters. The summed E-state index contributed by atoms with van der Waals surface area (Å²) < 4.78 is 8.55. The van der Waals surface area contributed by atoms with E-state index in [1.807, 2.05) is 0 Å². The molecule has 0 aromatic carbocycles. The van der Waals surface area contributed by atoms with Gasteiger partial charge in [-0.05, 0) is 0 Å². The van der Waals surface area contributed by atoms with Crippen LogP contribution in [0, 0.1) is 5.41 Å². The molecule has 0 saturated carbocycles. The zero-order valence-corrected chi connectivity index (χ0v) is 16.5. The van der Waals surface area contributed by atoms with Crippen molar-refractivity contribution < 1.29 is 113 Å². The van der Waals surface area contributed by atoms with Crippen LogP contribution in [0.15, 0.2) is 0 Å². The van der Waals surface area contributed by atoms with Crippen molar-refractivity contribution in [3.8, 4) is 0 Å². The van der Waals surface area contributed by atoms with Gasteiger partial charge in [0.25, 0.3) is 0 Å². The number of nitrogens with one attached hydrogen (secondary N) is 2. The van der Waals surface area contributed by atoms with Crippen molar-refractivity contribution in [1.29, 1.82) is 5.41 Å². The molecule has 1 heterocycles. The van der Waals surface area contributed by atoms with Crippen LogP contribution >= 0.6 is 7.82 Å². The van der Waals surface area contributed by atoms with E-state index in [4.69, 9.17) is 24.7 Å². The van der Waals surface area contributed by atoms with E-state index in [9.17, 15) is 4.79 Å². The van der Waals surface area contributed by atoms with Crippen LogP contribution in [0.5, 0.6) is 0 Å². The second kappa shape index (κ2) is 12.1. The molecule has 0 aliphatic carbocycles. The Balaban J connectivity index is -0.0000000818. The zero-order chi connectivity index (χ0) is 10.6. The van der Waals surface area contributed by atoms with Gasteiger partial charge in [0.05, 0.1) is 6.54 Å². The number of carbonyl (C=O) groups is 1. The maximum Gasteiger partial charge on any atom is 1.00 e. The van der Waals surface area contributed by atoms with E-state index < -0.39 is 7.82 Å². The summed E-state index contributed by atoms with van der Waals surface area (Å²) in [6.45, 7) is 0.318. The Hall–Kier alpha value is 2.05. The van der Waals surface area contributed by atoms with Crippen molar-refractivity contribution in [1.82, 2.24) is 10.2 Å². The van der Waals surface area contributed by atoms with Crippen molar-refractivity contribution in [2.75, 3.05) is 13.6 Å². The Labute approximate surface area is 159 Å². The molecule has 76 valence electrons. The van der Waals surface area contributed by atoms with Gasteiger partial charge in [0, 0.05) is 7.05 Å². The van der Waals surface area contributed by atoms with E-state index in [-0.39, 0.29) is 101 Å². The summed E-state index contributed by atoms with van der Waals surface area (Å²) >= 11 is 0. The summed E-state index contributed by atoms with van der Waals surface area (Å²) in [6, 6.07) is 0. The van der Waals surface area contributed by atoms with Crippen LogP contribution in [0.2, 0.25) is 0 Å². The molecule has 1 rings (SSSR count). The third kappa shape index (κ3) is 18.4. The van der Waals surface area contributed by atoms with Gasteiger partial charge in [-0.25, -0.2) is 0 Å². The fraction of sp³-hybridized carbons (Fsp3) is 0.500. The Morgan fingerprint density at radius 2 is 1.62 bits per heavy atom. The minimum atomic E-state index is -5.39. The maximum atomic E-state index is 10.4. The molecule has 1 aliphatic heterocycles. The molecule has 2 N–H and O–H groups in total. The molecular formula is C4H7N3Na3O5P. The normalized spacial score (nSPS) is 13.4. The van der Waals surface area contributed by atoms with Crippen LogP contribution in [-0.4, -0.2) is 30.4 Å². The molecule has 16 heavy (non-hydrogen) atoms. The topological polar surface area (TPSA) is 142 Å². The molecule has 1 saturated heterocycles. The molecule has 0 unspecified atom stereocenters. The number of nitrogens with zero attached hydrogens (tertiary/aromatic N) is 1. The van der Waals surface area contributed by atoms with Gasteiger partial charge in [-0.15, -0.1) is 0 Å². The average molecular weight is 277 g/mol. The fourth-order valence-electron chi connectivity index (χ4n) is 0.561. The van der Waals surface area contributed by atoms with E-state index in [0.717, 1.165) is 0 Å². The number of amides is 1. The number of likely N-dealkylation sites (N-methyl/N-ethyl adjacent to an activating group) is 1. The van der Waals surface area contributed by atoms with Gasteiger partial charge < -0.3 is 24.1 Å². The molecule has 0 aromatic heterocycles. The Kier molecular flexibility index (Phi) is 20.1. The SMILES string of the molecule is CN1CC(=O)NC1=N.O=P([O-])([O-])[O-].[Na+].[Na+].[Na+]. The molecular weight excluding hydrogens is 270 g/mol. The number of carbonyl (C=O) groups excluding carboxylic acids is 1. The van der Waals surface area contributed by atoms with Crippen molar-refractivity contribution in [3.63, 3.8) is 0 Å². The van der Waals surface area contributed by atoms with Crippen molar-refractivity contribution >= 4 is 19.7 Å². The van der Waals surface area contributed by atoms with E-state index in [2.05, 4.69) is 5.32 Å². The zero-order valence-electron chi connectivity index (χ0n) is 9.64. The van der Waals surface area contributed by atoms with Gasteiger partial charge in [-0.1, -0.05) is 0 Å². The van der Waals surface area contributed by atoms with Gasteiger partial charge in [-0.3, -0.25) is 15.5 Å². The van der Waals surface area contributed by atoms with Crippen LogP contribution in [0.4, 0.5) is 0 Å². The number of hydrogen-bond acceptors (Lipinski definition) is 6. The first-order valence-electron chi connectivity index (χ1n) is 3.03. The van der Waals surface area contributed by atoms with Crippen molar-refractivity contribution in [3.05, 3.63) is 0 Å². The minimum Gasteiger partial charge on any atom is -0.822 e. The van der Waals surface area contributed by atoms with Gasteiger partial charge in [0.2, 0.25) is 5.91 Å². The number of phosphoric acid groups is 1. The van der Waals surface area contributed by atoms with Crippen LogP contribution in [0.25, 0.3) is 0 Å². The van der Waals surface area contributed by atoms with Gasteiger partial charge in [0.15, 0.2) is 5.96 Å². The van der Waals surface area contributed by atoms with Crippen LogP contribution in [0.3, 0.4) is 0 Å². The predicted octanol–water partition coefficient (Wildman–Crippen LogP) is -12.8. The van der Waals surface area contributed by atoms with Crippen LogP contribution in [-0.2, 0) is 9.36 Å². The quantitative estimate of drug-likeness (QED) is 0.332. The molecule has 1 aliphatic rings. The van der Waals surface area contributed by atoms with E-state index >= 15 is 0 Å². The van der Waals surface area contributed by atoms with Crippen molar-refractivity contribution in [2.45, 2.75) is 0 Å². The molecule has 8 nitrogen and oxygen atoms in total. The molecule has 0 radical (unpaired) electrons. The largest absolute Gasteiger partial charge is 1.00 e. The summed E-state index contributed by atoms with van der Waals surface area (Å²) in [5.74, 6) is 0.0903. The van der Waals surface area contributed by atoms with Crippen LogP contribution in [0.1, 0.15) is 0 Å². The third-order valence-corrected chi connectivity index (χ3v) is 1.02. The average Bonchev–Trinajstić information content (AvgIpc) is 2.05. The summed E-state index contributed by atoms with van der Waals surface area (Å²) in [5.41, 5.74) is 0. The molecule has 1 amide bonds.